The summed E-state index contributed by atoms with van der Waals surface area (Å²) in [6.45, 7) is 1.03. The molecule has 0 bridgehead atoms. The van der Waals surface area contributed by atoms with Crippen LogP contribution in [0, 0.1) is 23.3 Å². The summed E-state index contributed by atoms with van der Waals surface area (Å²) in [5.74, 6) is -4.70. The van der Waals surface area contributed by atoms with Crippen molar-refractivity contribution < 1.29 is 27.0 Å². The van der Waals surface area contributed by atoms with Crippen molar-refractivity contribution in [3.63, 3.8) is 0 Å². The van der Waals surface area contributed by atoms with E-state index in [2.05, 4.69) is 0 Å². The van der Waals surface area contributed by atoms with Crippen molar-refractivity contribution in [1.29, 1.82) is 0 Å². The average molecular weight is 328 g/mol. The number of ether oxygens (including phenoxy) is 2. The van der Waals surface area contributed by atoms with E-state index in [1.165, 1.54) is 12.1 Å². The summed E-state index contributed by atoms with van der Waals surface area (Å²) in [4.78, 5) is 0. The normalized spacial score (nSPS) is 10.8. The Balaban J connectivity index is 2.10. The third-order valence-corrected chi connectivity index (χ3v) is 3.25. The van der Waals surface area contributed by atoms with Crippen LogP contribution in [0.25, 0.3) is 11.1 Å². The van der Waals surface area contributed by atoms with Crippen LogP contribution in [0.1, 0.15) is 12.8 Å². The largest absolute Gasteiger partial charge is 0.493 e. The van der Waals surface area contributed by atoms with Crippen LogP contribution in [-0.4, -0.2) is 20.3 Å². The van der Waals surface area contributed by atoms with E-state index in [4.69, 9.17) is 9.47 Å². The molecule has 0 aliphatic rings. The van der Waals surface area contributed by atoms with E-state index in [1.54, 1.807) is 7.11 Å². The van der Waals surface area contributed by atoms with Gasteiger partial charge in [0.15, 0.2) is 17.5 Å². The number of benzene rings is 2. The summed E-state index contributed by atoms with van der Waals surface area (Å²) in [6.07, 6.45) is 1.58. The van der Waals surface area contributed by atoms with Crippen molar-refractivity contribution in [3.05, 3.63) is 53.6 Å². The smallest absolute Gasteiger partial charge is 0.194 e. The highest BCUT2D eigenvalue weighted by Crippen LogP contribution is 2.28. The maximum absolute atomic E-state index is 14.1. The van der Waals surface area contributed by atoms with E-state index in [-0.39, 0.29) is 11.1 Å². The molecule has 0 aromatic heterocycles. The molecule has 2 rings (SSSR count). The molecular weight excluding hydrogens is 312 g/mol. The van der Waals surface area contributed by atoms with Crippen LogP contribution in [0.15, 0.2) is 30.3 Å². The molecule has 0 heterocycles. The Kier molecular flexibility index (Phi) is 5.98. The molecule has 0 spiro atoms. The number of hydrogen-bond donors (Lipinski definition) is 0. The summed E-state index contributed by atoms with van der Waals surface area (Å²) in [5, 5.41) is 0. The summed E-state index contributed by atoms with van der Waals surface area (Å²) < 4.78 is 63.8. The predicted octanol–water partition coefficient (Wildman–Crippen LogP) is 4.72. The number of halogens is 4. The minimum absolute atomic E-state index is 0.0328. The van der Waals surface area contributed by atoms with Crippen LogP contribution >= 0.6 is 0 Å². The topological polar surface area (TPSA) is 18.5 Å². The fraction of sp³-hybridized carbons (Fsp3) is 0.294. The first kappa shape index (κ1) is 17.3. The zero-order chi connectivity index (χ0) is 16.8. The molecule has 0 unspecified atom stereocenters. The number of rotatable bonds is 7. The van der Waals surface area contributed by atoms with Gasteiger partial charge in [-0.15, -0.1) is 0 Å². The van der Waals surface area contributed by atoms with Gasteiger partial charge in [0, 0.05) is 25.3 Å². The molecule has 0 saturated carbocycles. The lowest BCUT2D eigenvalue weighted by Gasteiger charge is -2.09. The molecule has 0 radical (unpaired) electrons. The van der Waals surface area contributed by atoms with Crippen LogP contribution < -0.4 is 4.74 Å². The van der Waals surface area contributed by atoms with Gasteiger partial charge >= 0.3 is 0 Å². The molecule has 2 nitrogen and oxygen atoms in total. The van der Waals surface area contributed by atoms with E-state index in [0.29, 0.717) is 19.0 Å². The Morgan fingerprint density at radius 1 is 0.826 bits per heavy atom. The van der Waals surface area contributed by atoms with Crippen LogP contribution in [0.5, 0.6) is 5.75 Å². The Morgan fingerprint density at radius 2 is 1.48 bits per heavy atom. The van der Waals surface area contributed by atoms with Gasteiger partial charge in [0.25, 0.3) is 0 Å². The lowest BCUT2D eigenvalue weighted by Crippen LogP contribution is -2.00. The standard InChI is InChI=1S/C17H16F4O2/c1-22-6-2-3-7-23-12-4-5-13(14(18)10-12)11-8-15(19)17(21)16(20)9-11/h4-5,8-10H,2-3,6-7H2,1H3. The second-order valence-electron chi connectivity index (χ2n) is 4.94. The van der Waals surface area contributed by atoms with Gasteiger partial charge in [-0.2, -0.15) is 0 Å². The van der Waals surface area contributed by atoms with Crippen molar-refractivity contribution in [2.45, 2.75) is 12.8 Å². The quantitative estimate of drug-likeness (QED) is 0.416. The molecule has 2 aromatic rings. The Bertz CT molecular complexity index is 651. The molecule has 0 fully saturated rings. The van der Waals surface area contributed by atoms with Crippen LogP contribution in [-0.2, 0) is 4.74 Å². The molecule has 0 N–H and O–H groups in total. The van der Waals surface area contributed by atoms with Crippen molar-refractivity contribution in [2.24, 2.45) is 0 Å². The van der Waals surface area contributed by atoms with E-state index < -0.39 is 23.3 Å². The highest BCUT2D eigenvalue weighted by Gasteiger charge is 2.14. The second-order valence-corrected chi connectivity index (χ2v) is 4.94. The number of methoxy groups -OCH3 is 1. The molecule has 2 aromatic carbocycles. The Hall–Kier alpha value is -2.08. The first-order valence-corrected chi connectivity index (χ1v) is 7.09. The maximum Gasteiger partial charge on any atom is 0.194 e. The molecule has 124 valence electrons. The lowest BCUT2D eigenvalue weighted by molar-refractivity contribution is 0.184. The third-order valence-electron chi connectivity index (χ3n) is 3.25. The van der Waals surface area contributed by atoms with Gasteiger partial charge in [-0.05, 0) is 42.7 Å². The average Bonchev–Trinajstić information content (AvgIpc) is 2.52. The van der Waals surface area contributed by atoms with Gasteiger partial charge in [0.1, 0.15) is 11.6 Å². The Labute approximate surface area is 131 Å². The molecule has 0 atom stereocenters. The van der Waals surface area contributed by atoms with Crippen molar-refractivity contribution in [2.75, 3.05) is 20.3 Å². The predicted molar refractivity (Wildman–Crippen MR) is 78.3 cm³/mol. The summed E-state index contributed by atoms with van der Waals surface area (Å²) in [7, 11) is 1.61. The maximum atomic E-state index is 14.1. The summed E-state index contributed by atoms with van der Waals surface area (Å²) >= 11 is 0. The van der Waals surface area contributed by atoms with E-state index in [1.807, 2.05) is 0 Å². The van der Waals surface area contributed by atoms with Crippen molar-refractivity contribution in [3.8, 4) is 16.9 Å². The zero-order valence-corrected chi connectivity index (χ0v) is 12.5. The highest BCUT2D eigenvalue weighted by molar-refractivity contribution is 5.65. The van der Waals surface area contributed by atoms with E-state index in [0.717, 1.165) is 31.0 Å². The van der Waals surface area contributed by atoms with Gasteiger partial charge < -0.3 is 9.47 Å². The molecule has 0 saturated heterocycles. The SMILES string of the molecule is COCCCCOc1ccc(-c2cc(F)c(F)c(F)c2)c(F)c1. The molecule has 6 heteroatoms. The van der Waals surface area contributed by atoms with Gasteiger partial charge in [0.2, 0.25) is 0 Å². The molecule has 0 aliphatic carbocycles. The van der Waals surface area contributed by atoms with E-state index in [9.17, 15) is 17.6 Å². The Morgan fingerprint density at radius 3 is 2.09 bits per heavy atom. The number of unbranched alkanes of at least 4 members (excludes halogenated alkanes) is 1. The minimum Gasteiger partial charge on any atom is -0.493 e. The first-order chi connectivity index (χ1) is 11.0. The van der Waals surface area contributed by atoms with Crippen molar-refractivity contribution >= 4 is 0 Å². The van der Waals surface area contributed by atoms with Gasteiger partial charge in [0.05, 0.1) is 6.61 Å². The van der Waals surface area contributed by atoms with Gasteiger partial charge in [-0.3, -0.25) is 0 Å². The molecule has 0 aliphatic heterocycles. The van der Waals surface area contributed by atoms with Gasteiger partial charge in [-0.25, -0.2) is 17.6 Å². The fourth-order valence-corrected chi connectivity index (χ4v) is 2.07. The second kappa shape index (κ2) is 7.97. The zero-order valence-electron chi connectivity index (χ0n) is 12.5. The summed E-state index contributed by atoms with van der Waals surface area (Å²) in [5.41, 5.74) is -0.111. The summed E-state index contributed by atoms with van der Waals surface area (Å²) in [6, 6.07) is 5.47. The minimum atomic E-state index is -1.58. The molecular formula is C17H16F4O2. The monoisotopic (exact) mass is 328 g/mol. The van der Waals surface area contributed by atoms with Crippen LogP contribution in [0.3, 0.4) is 0 Å². The van der Waals surface area contributed by atoms with Crippen LogP contribution in [0.4, 0.5) is 17.6 Å². The van der Waals surface area contributed by atoms with E-state index >= 15 is 0 Å². The third kappa shape index (κ3) is 4.45. The molecule has 0 amide bonds. The van der Waals surface area contributed by atoms with Crippen molar-refractivity contribution in [1.82, 2.24) is 0 Å². The van der Waals surface area contributed by atoms with Crippen LogP contribution in [0.2, 0.25) is 0 Å². The lowest BCUT2D eigenvalue weighted by atomic mass is 10.0. The number of hydrogen-bond acceptors (Lipinski definition) is 2. The van der Waals surface area contributed by atoms with Gasteiger partial charge in [-0.1, -0.05) is 0 Å². The highest BCUT2D eigenvalue weighted by atomic mass is 19.2. The first-order valence-electron chi connectivity index (χ1n) is 7.09. The molecule has 23 heavy (non-hydrogen) atoms. The fourth-order valence-electron chi connectivity index (χ4n) is 2.07.